The van der Waals surface area contributed by atoms with Crippen LogP contribution in [0.3, 0.4) is 0 Å². The molecule has 1 atom stereocenters. The van der Waals surface area contributed by atoms with Crippen molar-refractivity contribution in [1.29, 1.82) is 0 Å². The largest absolute Gasteiger partial charge is 0.362 e. The first kappa shape index (κ1) is 10.5. The Balaban J connectivity index is 2.01. The molecule has 3 nitrogen and oxygen atoms in total. The minimum Gasteiger partial charge on any atom is -0.362 e. The standard InChI is InChI=1S/C11H15N3S/c1-8-4-3-5-12-10(8)6-13-11-14-9(2)7-15-11/h3-5,9H,6-7H2,1-2H3,(H,13,14). The smallest absolute Gasteiger partial charge is 0.157 e. The van der Waals surface area contributed by atoms with E-state index < -0.39 is 0 Å². The van der Waals surface area contributed by atoms with E-state index in [9.17, 15) is 0 Å². The lowest BCUT2D eigenvalue weighted by Crippen LogP contribution is -2.23. The first-order valence-corrected chi connectivity index (χ1v) is 6.08. The van der Waals surface area contributed by atoms with Crippen molar-refractivity contribution in [2.75, 3.05) is 5.75 Å². The molecule has 0 aromatic carbocycles. The molecule has 1 aromatic heterocycles. The van der Waals surface area contributed by atoms with E-state index in [2.05, 4.69) is 35.2 Å². The summed E-state index contributed by atoms with van der Waals surface area (Å²) in [4.78, 5) is 8.82. The Morgan fingerprint density at radius 2 is 2.53 bits per heavy atom. The van der Waals surface area contributed by atoms with Gasteiger partial charge in [0.1, 0.15) is 0 Å². The summed E-state index contributed by atoms with van der Waals surface area (Å²) in [6, 6.07) is 4.57. The van der Waals surface area contributed by atoms with Gasteiger partial charge in [0.2, 0.25) is 0 Å². The number of nitrogens with zero attached hydrogens (tertiary/aromatic N) is 2. The molecule has 1 fully saturated rings. The van der Waals surface area contributed by atoms with E-state index in [0.717, 1.165) is 16.6 Å². The monoisotopic (exact) mass is 221 g/mol. The number of rotatable bonds is 2. The van der Waals surface area contributed by atoms with Crippen LogP contribution in [0.4, 0.5) is 0 Å². The zero-order valence-corrected chi connectivity index (χ0v) is 9.84. The second kappa shape index (κ2) is 4.66. The molecule has 2 rings (SSSR count). The highest BCUT2D eigenvalue weighted by Crippen LogP contribution is 2.14. The first-order chi connectivity index (χ1) is 7.25. The molecule has 0 aliphatic carbocycles. The number of amidine groups is 1. The van der Waals surface area contributed by atoms with Gasteiger partial charge >= 0.3 is 0 Å². The molecule has 1 saturated heterocycles. The van der Waals surface area contributed by atoms with Gasteiger partial charge in [-0.25, -0.2) is 0 Å². The molecule has 0 amide bonds. The van der Waals surface area contributed by atoms with Crippen LogP contribution >= 0.6 is 11.8 Å². The number of hydrogen-bond acceptors (Lipinski definition) is 3. The molecule has 1 aromatic rings. The van der Waals surface area contributed by atoms with Gasteiger partial charge in [0.25, 0.3) is 0 Å². The Kier molecular flexibility index (Phi) is 3.26. The van der Waals surface area contributed by atoms with Crippen molar-refractivity contribution < 1.29 is 0 Å². The van der Waals surface area contributed by atoms with Gasteiger partial charge in [0, 0.05) is 18.0 Å². The van der Waals surface area contributed by atoms with Crippen LogP contribution in [0.2, 0.25) is 0 Å². The van der Waals surface area contributed by atoms with Crippen LogP contribution in [0.25, 0.3) is 0 Å². The Labute approximate surface area is 94.4 Å². The quantitative estimate of drug-likeness (QED) is 0.829. The summed E-state index contributed by atoms with van der Waals surface area (Å²) in [6.07, 6.45) is 1.82. The molecule has 80 valence electrons. The highest BCUT2D eigenvalue weighted by Gasteiger charge is 2.14. The van der Waals surface area contributed by atoms with Crippen molar-refractivity contribution in [3.63, 3.8) is 0 Å². The van der Waals surface area contributed by atoms with E-state index in [1.54, 1.807) is 11.8 Å². The zero-order valence-electron chi connectivity index (χ0n) is 9.03. The highest BCUT2D eigenvalue weighted by atomic mass is 32.2. The summed E-state index contributed by atoms with van der Waals surface area (Å²) >= 11 is 1.79. The molecule has 1 aliphatic rings. The van der Waals surface area contributed by atoms with E-state index in [1.807, 2.05) is 12.3 Å². The fourth-order valence-electron chi connectivity index (χ4n) is 1.42. The van der Waals surface area contributed by atoms with Crippen LogP contribution < -0.4 is 5.32 Å². The number of aliphatic imine (C=N–C) groups is 1. The van der Waals surface area contributed by atoms with Crippen LogP contribution in [-0.2, 0) is 6.54 Å². The van der Waals surface area contributed by atoms with Gasteiger partial charge < -0.3 is 5.32 Å². The number of pyridine rings is 1. The number of nitrogens with one attached hydrogen (secondary N) is 1. The highest BCUT2D eigenvalue weighted by molar-refractivity contribution is 8.14. The Morgan fingerprint density at radius 1 is 1.67 bits per heavy atom. The van der Waals surface area contributed by atoms with E-state index in [-0.39, 0.29) is 0 Å². The number of hydrogen-bond donors (Lipinski definition) is 1. The third-order valence-corrected chi connectivity index (χ3v) is 3.52. The lowest BCUT2D eigenvalue weighted by atomic mass is 10.2. The van der Waals surface area contributed by atoms with Crippen molar-refractivity contribution >= 4 is 16.9 Å². The molecular weight excluding hydrogens is 206 g/mol. The summed E-state index contributed by atoms with van der Waals surface area (Å²) in [6.45, 7) is 4.91. The predicted molar refractivity (Wildman–Crippen MR) is 65.2 cm³/mol. The minimum absolute atomic E-state index is 0.540. The summed E-state index contributed by atoms with van der Waals surface area (Å²) in [7, 11) is 0. The molecule has 1 N–H and O–H groups in total. The molecule has 0 bridgehead atoms. The third kappa shape index (κ3) is 2.72. The van der Waals surface area contributed by atoms with Crippen molar-refractivity contribution in [1.82, 2.24) is 10.3 Å². The lowest BCUT2D eigenvalue weighted by Gasteiger charge is -2.02. The minimum atomic E-state index is 0.540. The van der Waals surface area contributed by atoms with Gasteiger partial charge in [0.15, 0.2) is 5.17 Å². The molecule has 0 radical (unpaired) electrons. The number of aryl methyl sites for hydroxylation is 1. The second-order valence-corrected chi connectivity index (χ2v) is 4.75. The molecule has 2 heterocycles. The summed E-state index contributed by atoms with van der Waals surface area (Å²) < 4.78 is 0. The fraction of sp³-hybridized carbons (Fsp3) is 0.455. The van der Waals surface area contributed by atoms with Gasteiger partial charge in [-0.3, -0.25) is 9.98 Å². The van der Waals surface area contributed by atoms with Crippen molar-refractivity contribution in [3.8, 4) is 0 Å². The molecule has 0 saturated carbocycles. The topological polar surface area (TPSA) is 37.3 Å². The van der Waals surface area contributed by atoms with Crippen molar-refractivity contribution in [3.05, 3.63) is 29.6 Å². The Bertz CT molecular complexity index is 376. The van der Waals surface area contributed by atoms with E-state index >= 15 is 0 Å². The zero-order chi connectivity index (χ0) is 10.7. The van der Waals surface area contributed by atoms with Crippen LogP contribution in [0, 0.1) is 6.92 Å². The molecule has 0 spiro atoms. The average Bonchev–Trinajstić information content (AvgIpc) is 2.63. The maximum Gasteiger partial charge on any atom is 0.157 e. The van der Waals surface area contributed by atoms with Gasteiger partial charge in [0.05, 0.1) is 12.2 Å². The maximum absolute atomic E-state index is 4.51. The normalized spacial score (nSPS) is 23.1. The molecule has 4 heteroatoms. The molecule has 1 unspecified atom stereocenters. The van der Waals surface area contributed by atoms with Crippen molar-refractivity contribution in [2.24, 2.45) is 4.99 Å². The average molecular weight is 221 g/mol. The van der Waals surface area contributed by atoms with Gasteiger partial charge in [-0.1, -0.05) is 17.8 Å². The van der Waals surface area contributed by atoms with Crippen LogP contribution in [-0.4, -0.2) is 21.9 Å². The lowest BCUT2D eigenvalue weighted by molar-refractivity contribution is 0.763. The van der Waals surface area contributed by atoms with Crippen LogP contribution in [0.15, 0.2) is 23.3 Å². The Morgan fingerprint density at radius 3 is 3.20 bits per heavy atom. The van der Waals surface area contributed by atoms with Crippen molar-refractivity contribution in [2.45, 2.75) is 26.4 Å². The van der Waals surface area contributed by atoms with Crippen LogP contribution in [0.5, 0.6) is 0 Å². The van der Waals surface area contributed by atoms with Crippen LogP contribution in [0.1, 0.15) is 18.2 Å². The predicted octanol–water partition coefficient (Wildman–Crippen LogP) is 1.97. The SMILES string of the molecule is Cc1cccnc1CN=C1NC(C)CS1. The summed E-state index contributed by atoms with van der Waals surface area (Å²) in [5.41, 5.74) is 2.27. The summed E-state index contributed by atoms with van der Waals surface area (Å²) in [5.74, 6) is 1.11. The first-order valence-electron chi connectivity index (χ1n) is 5.10. The number of aromatic nitrogens is 1. The number of thioether (sulfide) groups is 1. The van der Waals surface area contributed by atoms with Gasteiger partial charge in [-0.2, -0.15) is 0 Å². The fourth-order valence-corrected chi connectivity index (χ4v) is 2.35. The Hall–Kier alpha value is -1.03. The van der Waals surface area contributed by atoms with E-state index in [0.29, 0.717) is 12.6 Å². The molecule has 15 heavy (non-hydrogen) atoms. The molecular formula is C11H15N3S. The maximum atomic E-state index is 4.51. The second-order valence-electron chi connectivity index (χ2n) is 3.74. The molecule has 1 aliphatic heterocycles. The van der Waals surface area contributed by atoms with Gasteiger partial charge in [-0.05, 0) is 25.5 Å². The van der Waals surface area contributed by atoms with E-state index in [4.69, 9.17) is 0 Å². The van der Waals surface area contributed by atoms with E-state index in [1.165, 1.54) is 5.56 Å². The van der Waals surface area contributed by atoms with Gasteiger partial charge in [-0.15, -0.1) is 0 Å². The summed E-state index contributed by atoms with van der Waals surface area (Å²) in [5, 5.41) is 4.38. The third-order valence-electron chi connectivity index (χ3n) is 2.33.